The molecule has 0 saturated heterocycles. The molecular formula is C19H19N3O2S. The van der Waals surface area contributed by atoms with Gasteiger partial charge >= 0.3 is 0 Å². The first kappa shape index (κ1) is 16.0. The molecule has 3 aromatic rings. The molecular weight excluding hydrogens is 334 g/mol. The molecule has 5 nitrogen and oxygen atoms in total. The average molecular weight is 353 g/mol. The fourth-order valence-corrected chi connectivity index (χ4v) is 4.60. The summed E-state index contributed by atoms with van der Waals surface area (Å²) in [6.07, 6.45) is 3.85. The van der Waals surface area contributed by atoms with E-state index in [0.29, 0.717) is 12.2 Å². The molecule has 0 saturated carbocycles. The number of carbonyl (C=O) groups excluding carboxylic acids is 1. The van der Waals surface area contributed by atoms with Crippen LogP contribution < -0.4 is 10.9 Å². The molecule has 2 aromatic heterocycles. The predicted octanol–water partition coefficient (Wildman–Crippen LogP) is 3.35. The van der Waals surface area contributed by atoms with E-state index in [1.165, 1.54) is 10.4 Å². The summed E-state index contributed by atoms with van der Waals surface area (Å²) in [5, 5.41) is 3.66. The van der Waals surface area contributed by atoms with Gasteiger partial charge in [-0.15, -0.1) is 11.3 Å². The van der Waals surface area contributed by atoms with E-state index < -0.39 is 0 Å². The minimum atomic E-state index is -0.0780. The quantitative estimate of drug-likeness (QED) is 0.755. The third kappa shape index (κ3) is 3.09. The van der Waals surface area contributed by atoms with Crippen LogP contribution in [0.3, 0.4) is 0 Å². The van der Waals surface area contributed by atoms with Crippen LogP contribution in [0.2, 0.25) is 0 Å². The maximum Gasteiger partial charge on any atom is 0.259 e. The average Bonchev–Trinajstić information content (AvgIpc) is 3.15. The lowest BCUT2D eigenvalue weighted by molar-refractivity contribution is -0.116. The molecule has 4 rings (SSSR count). The first-order chi connectivity index (χ1) is 12.1. The zero-order chi connectivity index (χ0) is 17.4. The number of carbonyl (C=O) groups is 1. The first-order valence-electron chi connectivity index (χ1n) is 8.51. The van der Waals surface area contributed by atoms with Crippen LogP contribution in [-0.2, 0) is 24.1 Å². The third-order valence-electron chi connectivity index (χ3n) is 4.63. The highest BCUT2D eigenvalue weighted by Crippen LogP contribution is 2.34. The zero-order valence-electron chi connectivity index (χ0n) is 14.0. The van der Waals surface area contributed by atoms with Crippen molar-refractivity contribution in [1.82, 2.24) is 9.97 Å². The highest BCUT2D eigenvalue weighted by Gasteiger charge is 2.21. The first-order valence-corrected chi connectivity index (χ1v) is 9.32. The normalized spacial score (nSPS) is 13.2. The van der Waals surface area contributed by atoms with Crippen LogP contribution >= 0.6 is 11.3 Å². The van der Waals surface area contributed by atoms with E-state index in [1.54, 1.807) is 11.3 Å². The van der Waals surface area contributed by atoms with Gasteiger partial charge in [0.05, 0.1) is 5.39 Å². The molecule has 128 valence electrons. The Balaban J connectivity index is 1.49. The standard InChI is InChI=1S/C19H19N3O2S/c1-11-5-2-3-7-13(11)20-16(23)10-9-15-21-18(24)17-12-6-4-8-14(12)25-19(17)22-15/h2-3,5,7H,4,6,8-10H2,1H3,(H,20,23)(H,21,22,24). The Morgan fingerprint density at radius 2 is 2.16 bits per heavy atom. The van der Waals surface area contributed by atoms with Crippen molar-refractivity contribution < 1.29 is 4.79 Å². The molecule has 1 aromatic carbocycles. The molecule has 0 atom stereocenters. The van der Waals surface area contributed by atoms with Crippen molar-refractivity contribution in [2.75, 3.05) is 5.32 Å². The van der Waals surface area contributed by atoms with Crippen molar-refractivity contribution >= 4 is 33.1 Å². The van der Waals surface area contributed by atoms with Gasteiger partial charge < -0.3 is 10.3 Å². The summed E-state index contributed by atoms with van der Waals surface area (Å²) in [5.74, 6) is 0.503. The second kappa shape index (κ2) is 6.44. The maximum atomic E-state index is 12.4. The van der Waals surface area contributed by atoms with Gasteiger partial charge in [0.25, 0.3) is 5.56 Å². The van der Waals surface area contributed by atoms with Crippen LogP contribution in [-0.4, -0.2) is 15.9 Å². The summed E-state index contributed by atoms with van der Waals surface area (Å²) in [4.78, 5) is 34.1. The monoisotopic (exact) mass is 353 g/mol. The summed E-state index contributed by atoms with van der Waals surface area (Å²) >= 11 is 1.62. The summed E-state index contributed by atoms with van der Waals surface area (Å²) in [7, 11) is 0. The second-order valence-electron chi connectivity index (χ2n) is 6.41. The van der Waals surface area contributed by atoms with Gasteiger partial charge in [-0.05, 0) is 43.4 Å². The van der Waals surface area contributed by atoms with E-state index >= 15 is 0 Å². The fourth-order valence-electron chi connectivity index (χ4n) is 3.32. The lowest BCUT2D eigenvalue weighted by Gasteiger charge is -2.07. The smallest absolute Gasteiger partial charge is 0.259 e. The molecule has 2 N–H and O–H groups in total. The number of para-hydroxylation sites is 1. The van der Waals surface area contributed by atoms with Crippen LogP contribution in [0.4, 0.5) is 5.69 Å². The molecule has 0 radical (unpaired) electrons. The number of amides is 1. The summed E-state index contributed by atoms with van der Waals surface area (Å²) in [6, 6.07) is 7.67. The van der Waals surface area contributed by atoms with Crippen molar-refractivity contribution in [3.8, 4) is 0 Å². The number of thiophene rings is 1. The number of hydrogen-bond acceptors (Lipinski definition) is 4. The number of hydrogen-bond donors (Lipinski definition) is 2. The van der Waals surface area contributed by atoms with Gasteiger partial charge in [-0.1, -0.05) is 18.2 Å². The Hall–Kier alpha value is -2.47. The van der Waals surface area contributed by atoms with E-state index in [2.05, 4.69) is 15.3 Å². The van der Waals surface area contributed by atoms with Crippen LogP contribution in [0.25, 0.3) is 10.2 Å². The number of aromatic nitrogens is 2. The van der Waals surface area contributed by atoms with Crippen molar-refractivity contribution in [3.05, 3.63) is 56.4 Å². The summed E-state index contributed by atoms with van der Waals surface area (Å²) in [5.41, 5.74) is 2.95. The summed E-state index contributed by atoms with van der Waals surface area (Å²) in [6.45, 7) is 1.96. The third-order valence-corrected chi connectivity index (χ3v) is 5.82. The summed E-state index contributed by atoms with van der Waals surface area (Å²) < 4.78 is 0. The highest BCUT2D eigenvalue weighted by atomic mass is 32.1. The van der Waals surface area contributed by atoms with E-state index in [-0.39, 0.29) is 17.9 Å². The van der Waals surface area contributed by atoms with Crippen LogP contribution in [0, 0.1) is 6.92 Å². The number of aromatic amines is 1. The molecule has 0 unspecified atom stereocenters. The maximum absolute atomic E-state index is 12.4. The second-order valence-corrected chi connectivity index (χ2v) is 7.50. The number of aryl methyl sites for hydroxylation is 4. The van der Waals surface area contributed by atoms with Gasteiger partial charge in [-0.25, -0.2) is 4.98 Å². The Morgan fingerprint density at radius 1 is 1.32 bits per heavy atom. The van der Waals surface area contributed by atoms with Crippen LogP contribution in [0.1, 0.15) is 34.7 Å². The number of benzene rings is 1. The van der Waals surface area contributed by atoms with E-state index in [9.17, 15) is 9.59 Å². The molecule has 0 aliphatic heterocycles. The number of fused-ring (bicyclic) bond motifs is 3. The van der Waals surface area contributed by atoms with Crippen molar-refractivity contribution in [2.24, 2.45) is 0 Å². The van der Waals surface area contributed by atoms with Crippen molar-refractivity contribution in [2.45, 2.75) is 39.0 Å². The van der Waals surface area contributed by atoms with Crippen molar-refractivity contribution in [3.63, 3.8) is 0 Å². The number of anilines is 1. The van der Waals surface area contributed by atoms with Crippen LogP contribution in [0.15, 0.2) is 29.1 Å². The minimum Gasteiger partial charge on any atom is -0.326 e. The number of nitrogens with one attached hydrogen (secondary N) is 2. The van der Waals surface area contributed by atoms with Gasteiger partial charge in [0, 0.05) is 23.4 Å². The lowest BCUT2D eigenvalue weighted by Crippen LogP contribution is -2.16. The SMILES string of the molecule is Cc1ccccc1NC(=O)CCc1nc2sc3c(c2c(=O)[nH]1)CCC3. The molecule has 0 bridgehead atoms. The topological polar surface area (TPSA) is 74.8 Å². The Bertz CT molecular complexity index is 1020. The number of H-pyrrole nitrogens is 1. The molecule has 1 aliphatic rings. The van der Waals surface area contributed by atoms with Gasteiger partial charge in [0.15, 0.2) is 0 Å². The molecule has 0 spiro atoms. The Morgan fingerprint density at radius 3 is 3.00 bits per heavy atom. The number of rotatable bonds is 4. The molecule has 6 heteroatoms. The minimum absolute atomic E-state index is 0.0706. The molecule has 1 aliphatic carbocycles. The van der Waals surface area contributed by atoms with Crippen molar-refractivity contribution in [1.29, 1.82) is 0 Å². The van der Waals surface area contributed by atoms with Gasteiger partial charge in [0.2, 0.25) is 5.91 Å². The zero-order valence-corrected chi connectivity index (χ0v) is 14.8. The largest absolute Gasteiger partial charge is 0.326 e. The number of nitrogens with zero attached hydrogens (tertiary/aromatic N) is 1. The van der Waals surface area contributed by atoms with Gasteiger partial charge in [-0.2, -0.15) is 0 Å². The van der Waals surface area contributed by atoms with Gasteiger partial charge in [-0.3, -0.25) is 9.59 Å². The van der Waals surface area contributed by atoms with E-state index in [1.807, 2.05) is 31.2 Å². The predicted molar refractivity (Wildman–Crippen MR) is 100 cm³/mol. The highest BCUT2D eigenvalue weighted by molar-refractivity contribution is 7.18. The fraction of sp³-hybridized carbons (Fsp3) is 0.316. The van der Waals surface area contributed by atoms with E-state index in [0.717, 1.165) is 40.7 Å². The van der Waals surface area contributed by atoms with E-state index in [4.69, 9.17) is 0 Å². The van der Waals surface area contributed by atoms with Crippen LogP contribution in [0.5, 0.6) is 0 Å². The van der Waals surface area contributed by atoms with Gasteiger partial charge in [0.1, 0.15) is 10.7 Å². The molecule has 1 amide bonds. The molecule has 25 heavy (non-hydrogen) atoms. The Labute approximate surface area is 149 Å². The lowest BCUT2D eigenvalue weighted by atomic mass is 10.2. The Kier molecular flexibility index (Phi) is 4.13. The molecule has 0 fully saturated rings. The molecule has 2 heterocycles.